The summed E-state index contributed by atoms with van der Waals surface area (Å²) in [6, 6.07) is 7.31. The number of hydrogen-bond acceptors (Lipinski definition) is 6. The third-order valence-corrected chi connectivity index (χ3v) is 3.89. The highest BCUT2D eigenvalue weighted by Gasteiger charge is 2.24. The third kappa shape index (κ3) is 4.51. The van der Waals surface area contributed by atoms with E-state index < -0.39 is 6.04 Å². The highest BCUT2D eigenvalue weighted by atomic mass is 16.5. The van der Waals surface area contributed by atoms with Crippen LogP contribution in [0.4, 0.5) is 0 Å². The summed E-state index contributed by atoms with van der Waals surface area (Å²) in [5, 5.41) is 17.6. The van der Waals surface area contributed by atoms with Crippen molar-refractivity contribution in [3.8, 4) is 5.75 Å². The summed E-state index contributed by atoms with van der Waals surface area (Å²) in [5.74, 6) is 1.24. The molecule has 24 heavy (non-hydrogen) atoms. The van der Waals surface area contributed by atoms with Crippen molar-refractivity contribution in [2.45, 2.75) is 32.4 Å². The summed E-state index contributed by atoms with van der Waals surface area (Å²) in [4.78, 5) is 12.7. The third-order valence-electron chi connectivity index (χ3n) is 3.89. The van der Waals surface area contributed by atoms with Crippen LogP contribution in [0.15, 0.2) is 24.3 Å². The van der Waals surface area contributed by atoms with Crippen molar-refractivity contribution in [3.63, 3.8) is 0 Å². The molecule has 2 unspecified atom stereocenters. The van der Waals surface area contributed by atoms with Crippen LogP contribution in [-0.4, -0.2) is 52.9 Å². The minimum atomic E-state index is -0.517. The highest BCUT2D eigenvalue weighted by molar-refractivity contribution is 5.80. The van der Waals surface area contributed by atoms with Crippen molar-refractivity contribution in [1.82, 2.24) is 30.8 Å². The van der Waals surface area contributed by atoms with Crippen molar-refractivity contribution in [1.29, 1.82) is 0 Å². The van der Waals surface area contributed by atoms with Gasteiger partial charge in [-0.1, -0.05) is 12.1 Å². The van der Waals surface area contributed by atoms with Gasteiger partial charge in [0.05, 0.1) is 7.11 Å². The predicted octanol–water partition coefficient (Wildman–Crippen LogP) is 0.498. The highest BCUT2D eigenvalue weighted by Crippen LogP contribution is 2.19. The standard InChI is InChI=1S/C16H24N6O2/c1-11(17-3)10-18-16(23)15(22-12(2)19-20-21-22)9-13-6-5-7-14(8-13)24-4/h5-8,11,15,17H,9-10H2,1-4H3,(H,18,23). The lowest BCUT2D eigenvalue weighted by molar-refractivity contribution is -0.124. The van der Waals surface area contributed by atoms with E-state index in [0.29, 0.717) is 18.8 Å². The number of carbonyl (C=O) groups excluding carboxylic acids is 1. The number of aryl methyl sites for hydroxylation is 1. The largest absolute Gasteiger partial charge is 0.497 e. The van der Waals surface area contributed by atoms with Gasteiger partial charge >= 0.3 is 0 Å². The van der Waals surface area contributed by atoms with Gasteiger partial charge in [-0.25, -0.2) is 4.68 Å². The van der Waals surface area contributed by atoms with E-state index in [2.05, 4.69) is 26.2 Å². The predicted molar refractivity (Wildman–Crippen MR) is 89.8 cm³/mol. The Balaban J connectivity index is 2.20. The molecule has 0 fully saturated rings. The Morgan fingerprint density at radius 1 is 1.42 bits per heavy atom. The smallest absolute Gasteiger partial charge is 0.245 e. The Hall–Kier alpha value is -2.48. The van der Waals surface area contributed by atoms with Gasteiger partial charge in [0.15, 0.2) is 0 Å². The van der Waals surface area contributed by atoms with E-state index in [9.17, 15) is 4.79 Å². The number of aromatic nitrogens is 4. The monoisotopic (exact) mass is 332 g/mol. The van der Waals surface area contributed by atoms with Gasteiger partial charge in [0, 0.05) is 19.0 Å². The van der Waals surface area contributed by atoms with Crippen LogP contribution in [-0.2, 0) is 11.2 Å². The molecule has 2 aromatic rings. The number of carbonyl (C=O) groups is 1. The molecule has 130 valence electrons. The molecular formula is C16H24N6O2. The van der Waals surface area contributed by atoms with Gasteiger partial charge in [-0.3, -0.25) is 4.79 Å². The van der Waals surface area contributed by atoms with Crippen LogP contribution >= 0.6 is 0 Å². The molecule has 2 rings (SSSR count). The second kappa shape index (κ2) is 8.39. The lowest BCUT2D eigenvalue weighted by Crippen LogP contribution is -2.41. The maximum absolute atomic E-state index is 12.7. The Morgan fingerprint density at radius 2 is 2.21 bits per heavy atom. The quantitative estimate of drug-likeness (QED) is 0.731. The number of tetrazole rings is 1. The summed E-state index contributed by atoms with van der Waals surface area (Å²) in [6.45, 7) is 4.31. The molecule has 8 heteroatoms. The molecule has 2 atom stereocenters. The van der Waals surface area contributed by atoms with Crippen molar-refractivity contribution in [2.75, 3.05) is 20.7 Å². The van der Waals surface area contributed by atoms with Crippen LogP contribution in [0, 0.1) is 6.92 Å². The first-order chi connectivity index (χ1) is 11.5. The van der Waals surface area contributed by atoms with Crippen molar-refractivity contribution in [3.05, 3.63) is 35.7 Å². The van der Waals surface area contributed by atoms with Crippen LogP contribution in [0.2, 0.25) is 0 Å². The second-order valence-electron chi connectivity index (χ2n) is 5.68. The van der Waals surface area contributed by atoms with E-state index in [0.717, 1.165) is 11.3 Å². The Kier molecular flexibility index (Phi) is 6.25. The van der Waals surface area contributed by atoms with E-state index in [1.807, 2.05) is 38.2 Å². The number of nitrogens with one attached hydrogen (secondary N) is 2. The molecule has 1 aromatic carbocycles. The molecule has 2 N–H and O–H groups in total. The molecule has 1 heterocycles. The van der Waals surface area contributed by atoms with Crippen molar-refractivity contribution < 1.29 is 9.53 Å². The van der Waals surface area contributed by atoms with E-state index in [-0.39, 0.29) is 11.9 Å². The normalized spacial score (nSPS) is 13.3. The van der Waals surface area contributed by atoms with E-state index in [1.54, 1.807) is 18.7 Å². The number of methoxy groups -OCH3 is 1. The minimum Gasteiger partial charge on any atom is -0.497 e. The average Bonchev–Trinajstić information content (AvgIpc) is 3.03. The fourth-order valence-corrected chi connectivity index (χ4v) is 2.31. The van der Waals surface area contributed by atoms with Gasteiger partial charge in [0.1, 0.15) is 17.6 Å². The molecular weight excluding hydrogens is 308 g/mol. The van der Waals surface area contributed by atoms with Crippen LogP contribution in [0.5, 0.6) is 5.75 Å². The first kappa shape index (κ1) is 17.9. The van der Waals surface area contributed by atoms with Crippen molar-refractivity contribution in [2.24, 2.45) is 0 Å². The number of ether oxygens (including phenoxy) is 1. The van der Waals surface area contributed by atoms with Gasteiger partial charge in [0.2, 0.25) is 5.91 Å². The average molecular weight is 332 g/mol. The van der Waals surface area contributed by atoms with Gasteiger partial charge in [-0.2, -0.15) is 0 Å². The summed E-state index contributed by atoms with van der Waals surface area (Å²) in [5.41, 5.74) is 0.978. The van der Waals surface area contributed by atoms with E-state index in [4.69, 9.17) is 4.74 Å². The topological polar surface area (TPSA) is 94.0 Å². The number of benzene rings is 1. The Labute approximate surface area is 141 Å². The van der Waals surface area contributed by atoms with E-state index in [1.165, 1.54) is 0 Å². The molecule has 0 radical (unpaired) electrons. The molecule has 8 nitrogen and oxygen atoms in total. The molecule has 0 saturated heterocycles. The van der Waals surface area contributed by atoms with Crippen LogP contribution in [0.1, 0.15) is 24.4 Å². The van der Waals surface area contributed by atoms with Gasteiger partial charge in [0.25, 0.3) is 0 Å². The first-order valence-corrected chi connectivity index (χ1v) is 7.87. The number of amides is 1. The zero-order valence-corrected chi connectivity index (χ0v) is 14.5. The summed E-state index contributed by atoms with van der Waals surface area (Å²) < 4.78 is 6.80. The Morgan fingerprint density at radius 3 is 2.83 bits per heavy atom. The lowest BCUT2D eigenvalue weighted by atomic mass is 10.0. The molecule has 1 amide bonds. The Bertz CT molecular complexity index is 672. The summed E-state index contributed by atoms with van der Waals surface area (Å²) >= 11 is 0. The molecule has 0 aliphatic rings. The van der Waals surface area contributed by atoms with Gasteiger partial charge in [-0.05, 0) is 49.0 Å². The second-order valence-corrected chi connectivity index (χ2v) is 5.68. The SMILES string of the molecule is CNC(C)CNC(=O)C(Cc1cccc(OC)c1)n1nnnc1C. The maximum atomic E-state index is 12.7. The van der Waals surface area contributed by atoms with Gasteiger partial charge in [-0.15, -0.1) is 5.10 Å². The summed E-state index contributed by atoms with van der Waals surface area (Å²) in [6.07, 6.45) is 0.475. The van der Waals surface area contributed by atoms with Gasteiger partial charge < -0.3 is 15.4 Å². The van der Waals surface area contributed by atoms with Crippen LogP contribution in [0.3, 0.4) is 0 Å². The lowest BCUT2D eigenvalue weighted by Gasteiger charge is -2.19. The molecule has 0 bridgehead atoms. The zero-order chi connectivity index (χ0) is 17.5. The number of rotatable bonds is 8. The number of likely N-dealkylation sites (N-methyl/N-ethyl adjacent to an activating group) is 1. The first-order valence-electron chi connectivity index (χ1n) is 7.87. The molecule has 0 aliphatic heterocycles. The number of nitrogens with zero attached hydrogens (tertiary/aromatic N) is 4. The van der Waals surface area contributed by atoms with Crippen LogP contribution < -0.4 is 15.4 Å². The molecule has 0 spiro atoms. The summed E-state index contributed by atoms with van der Waals surface area (Å²) in [7, 11) is 3.48. The fourth-order valence-electron chi connectivity index (χ4n) is 2.31. The molecule has 0 aliphatic carbocycles. The van der Waals surface area contributed by atoms with Crippen molar-refractivity contribution >= 4 is 5.91 Å². The minimum absolute atomic E-state index is 0.115. The molecule has 0 saturated carbocycles. The zero-order valence-electron chi connectivity index (χ0n) is 14.5. The fraction of sp³-hybridized carbons (Fsp3) is 0.500. The number of hydrogen-bond donors (Lipinski definition) is 2. The maximum Gasteiger partial charge on any atom is 0.245 e. The van der Waals surface area contributed by atoms with E-state index >= 15 is 0 Å². The van der Waals surface area contributed by atoms with Crippen LogP contribution in [0.25, 0.3) is 0 Å². The molecule has 1 aromatic heterocycles.